The van der Waals surface area contributed by atoms with Crippen LogP contribution >= 0.6 is 0 Å². The van der Waals surface area contributed by atoms with Gasteiger partial charge in [0, 0.05) is 0 Å². The lowest BCUT2D eigenvalue weighted by molar-refractivity contribution is 0.0377. The Morgan fingerprint density at radius 3 is 3.05 bits per heavy atom. The summed E-state index contributed by atoms with van der Waals surface area (Å²) in [5, 5.41) is 0. The Morgan fingerprint density at radius 2 is 2.35 bits per heavy atom. The number of allylic oxidation sites excluding steroid dienone is 3. The van der Waals surface area contributed by atoms with E-state index in [4.69, 9.17) is 9.15 Å². The van der Waals surface area contributed by atoms with Gasteiger partial charge in [0.1, 0.15) is 11.3 Å². The van der Waals surface area contributed by atoms with E-state index in [1.807, 2.05) is 19.9 Å². The summed E-state index contributed by atoms with van der Waals surface area (Å²) < 4.78 is 10.5. The summed E-state index contributed by atoms with van der Waals surface area (Å²) in [6.45, 7) is 3.67. The van der Waals surface area contributed by atoms with Crippen molar-refractivity contribution in [1.29, 1.82) is 0 Å². The molecule has 0 spiro atoms. The van der Waals surface area contributed by atoms with Gasteiger partial charge in [0.05, 0.1) is 12.4 Å². The molecule has 1 aliphatic carbocycles. The lowest BCUT2D eigenvalue weighted by atomic mass is 9.91. The van der Waals surface area contributed by atoms with Crippen molar-refractivity contribution in [3.05, 3.63) is 41.9 Å². The van der Waals surface area contributed by atoms with Gasteiger partial charge in [-0.2, -0.15) is 0 Å². The van der Waals surface area contributed by atoms with E-state index in [0.29, 0.717) is 17.2 Å². The number of carbonyl (C=O) groups is 1. The van der Waals surface area contributed by atoms with Crippen molar-refractivity contribution in [2.45, 2.75) is 45.6 Å². The molecule has 20 heavy (non-hydrogen) atoms. The van der Waals surface area contributed by atoms with E-state index in [2.05, 4.69) is 18.2 Å². The minimum atomic E-state index is -0.325. The zero-order chi connectivity index (χ0) is 14.4. The third-order valence-corrected chi connectivity index (χ3v) is 3.37. The zero-order valence-electron chi connectivity index (χ0n) is 12.2. The Kier molecular flexibility index (Phi) is 5.22. The Bertz CT molecular complexity index is 494. The van der Waals surface area contributed by atoms with Crippen molar-refractivity contribution < 1.29 is 13.9 Å². The van der Waals surface area contributed by atoms with Crippen molar-refractivity contribution in [2.24, 2.45) is 5.92 Å². The summed E-state index contributed by atoms with van der Waals surface area (Å²) in [4.78, 5) is 11.9. The van der Waals surface area contributed by atoms with E-state index in [1.54, 1.807) is 6.07 Å². The van der Waals surface area contributed by atoms with Gasteiger partial charge in [-0.15, -0.1) is 0 Å². The molecule has 0 aliphatic heterocycles. The first-order chi connectivity index (χ1) is 9.66. The average molecular weight is 274 g/mol. The molecule has 0 saturated heterocycles. The molecule has 1 unspecified atom stereocenters. The molecule has 1 heterocycles. The molecular weight excluding hydrogens is 252 g/mol. The Labute approximate surface area is 120 Å². The van der Waals surface area contributed by atoms with Gasteiger partial charge in [-0.1, -0.05) is 18.2 Å². The maximum Gasteiger partial charge on any atom is 0.342 e. The maximum atomic E-state index is 11.9. The van der Waals surface area contributed by atoms with Crippen LogP contribution < -0.4 is 0 Å². The Balaban J connectivity index is 1.94. The third-order valence-electron chi connectivity index (χ3n) is 3.37. The van der Waals surface area contributed by atoms with E-state index >= 15 is 0 Å². The number of rotatable bonds is 5. The van der Waals surface area contributed by atoms with Crippen LogP contribution in [0.1, 0.15) is 55.6 Å². The van der Waals surface area contributed by atoms with E-state index in [0.717, 1.165) is 12.8 Å². The van der Waals surface area contributed by atoms with Crippen LogP contribution in [0.15, 0.2) is 35.0 Å². The second-order valence-electron chi connectivity index (χ2n) is 5.44. The number of hydrogen-bond acceptors (Lipinski definition) is 3. The van der Waals surface area contributed by atoms with Crippen molar-refractivity contribution in [2.75, 3.05) is 0 Å². The molecule has 1 aliphatic rings. The average Bonchev–Trinajstić information content (AvgIpc) is 2.88. The van der Waals surface area contributed by atoms with Crippen LogP contribution in [-0.2, 0) is 4.74 Å². The molecule has 108 valence electrons. The smallest absolute Gasteiger partial charge is 0.342 e. The molecule has 1 atom stereocenters. The highest BCUT2D eigenvalue weighted by molar-refractivity contribution is 5.92. The normalized spacial score (nSPS) is 18.9. The predicted octanol–water partition coefficient (Wildman–Crippen LogP) is 4.60. The number of hydrogen-bond donors (Lipinski definition) is 0. The highest BCUT2D eigenvalue weighted by atomic mass is 16.5. The van der Waals surface area contributed by atoms with Crippen LogP contribution in [0.3, 0.4) is 0 Å². The Hall–Kier alpha value is -1.77. The second-order valence-corrected chi connectivity index (χ2v) is 5.44. The molecule has 3 heteroatoms. The largest absolute Gasteiger partial charge is 0.464 e. The molecule has 0 amide bonds. The van der Waals surface area contributed by atoms with Gasteiger partial charge in [-0.3, -0.25) is 0 Å². The molecule has 3 nitrogen and oxygen atoms in total. The van der Waals surface area contributed by atoms with Gasteiger partial charge in [0.15, 0.2) is 0 Å². The molecule has 1 aromatic heterocycles. The maximum absolute atomic E-state index is 11.9. The lowest BCUT2D eigenvalue weighted by Gasteiger charge is -2.14. The monoisotopic (exact) mass is 274 g/mol. The quantitative estimate of drug-likeness (QED) is 0.581. The first kappa shape index (κ1) is 14.6. The van der Waals surface area contributed by atoms with Crippen LogP contribution in [0.4, 0.5) is 0 Å². The predicted molar refractivity (Wildman–Crippen MR) is 79.4 cm³/mol. The minimum Gasteiger partial charge on any atom is -0.464 e. The van der Waals surface area contributed by atoms with Gasteiger partial charge >= 0.3 is 5.97 Å². The van der Waals surface area contributed by atoms with E-state index in [-0.39, 0.29) is 12.1 Å². The zero-order valence-corrected chi connectivity index (χ0v) is 12.2. The standard InChI is InChI=1S/C17H22O3/c1-13(2)20-17(18)15-11-12-19-16(15)10-6-9-14-7-4-3-5-8-14/h3-4,6,10-14H,5,7-9H2,1-2H3/b10-6+. The summed E-state index contributed by atoms with van der Waals surface area (Å²) in [6, 6.07) is 1.66. The van der Waals surface area contributed by atoms with Gasteiger partial charge < -0.3 is 9.15 Å². The fraction of sp³-hybridized carbons (Fsp3) is 0.471. The van der Waals surface area contributed by atoms with E-state index < -0.39 is 0 Å². The summed E-state index contributed by atoms with van der Waals surface area (Å²) in [6.07, 6.45) is 14.4. The molecule has 1 aromatic rings. The molecule has 0 bridgehead atoms. The highest BCUT2D eigenvalue weighted by Gasteiger charge is 2.15. The van der Waals surface area contributed by atoms with E-state index in [9.17, 15) is 4.79 Å². The van der Waals surface area contributed by atoms with Crippen LogP contribution in [0.25, 0.3) is 6.08 Å². The summed E-state index contributed by atoms with van der Waals surface area (Å²) in [5.74, 6) is 0.966. The number of esters is 1. The minimum absolute atomic E-state index is 0.122. The molecule has 2 rings (SSSR count). The first-order valence-electron chi connectivity index (χ1n) is 7.27. The molecule has 0 saturated carbocycles. The van der Waals surface area contributed by atoms with E-state index in [1.165, 1.54) is 19.1 Å². The third kappa shape index (κ3) is 4.12. The Morgan fingerprint density at radius 1 is 1.50 bits per heavy atom. The van der Waals surface area contributed by atoms with Gasteiger partial charge in [0.2, 0.25) is 0 Å². The van der Waals surface area contributed by atoms with Gasteiger partial charge in [-0.25, -0.2) is 4.79 Å². The highest BCUT2D eigenvalue weighted by Crippen LogP contribution is 2.23. The van der Waals surface area contributed by atoms with Crippen LogP contribution in [0, 0.1) is 5.92 Å². The number of carbonyl (C=O) groups excluding carboxylic acids is 1. The van der Waals surface area contributed by atoms with Crippen molar-refractivity contribution in [3.63, 3.8) is 0 Å². The first-order valence-corrected chi connectivity index (χ1v) is 7.27. The molecular formula is C17H22O3. The van der Waals surface area contributed by atoms with Gasteiger partial charge in [-0.05, 0) is 57.6 Å². The fourth-order valence-corrected chi connectivity index (χ4v) is 2.33. The van der Waals surface area contributed by atoms with Crippen LogP contribution in [-0.4, -0.2) is 12.1 Å². The summed E-state index contributed by atoms with van der Waals surface area (Å²) in [7, 11) is 0. The number of ether oxygens (including phenoxy) is 1. The van der Waals surface area contributed by atoms with Crippen molar-refractivity contribution in [1.82, 2.24) is 0 Å². The summed E-state index contributed by atoms with van der Waals surface area (Å²) in [5.41, 5.74) is 0.499. The SMILES string of the molecule is CC(C)OC(=O)c1ccoc1/C=C/CC1CC=CCC1. The van der Waals surface area contributed by atoms with Crippen molar-refractivity contribution in [3.8, 4) is 0 Å². The second kappa shape index (κ2) is 7.13. The molecule has 0 aromatic carbocycles. The fourth-order valence-electron chi connectivity index (χ4n) is 2.33. The van der Waals surface area contributed by atoms with Crippen LogP contribution in [0.2, 0.25) is 0 Å². The lowest BCUT2D eigenvalue weighted by Crippen LogP contribution is -2.11. The molecule has 0 radical (unpaired) electrons. The molecule has 0 fully saturated rings. The number of furan rings is 1. The van der Waals surface area contributed by atoms with Gasteiger partial charge in [0.25, 0.3) is 0 Å². The van der Waals surface area contributed by atoms with Crippen molar-refractivity contribution >= 4 is 12.0 Å². The molecule has 0 N–H and O–H groups in total. The summed E-state index contributed by atoms with van der Waals surface area (Å²) >= 11 is 0. The van der Waals surface area contributed by atoms with Crippen LogP contribution in [0.5, 0.6) is 0 Å². The topological polar surface area (TPSA) is 39.4 Å².